The van der Waals surface area contributed by atoms with Gasteiger partial charge in [0.05, 0.1) is 6.42 Å². The molecule has 1 aliphatic rings. The van der Waals surface area contributed by atoms with Gasteiger partial charge >= 0.3 is 0 Å². The summed E-state index contributed by atoms with van der Waals surface area (Å²) in [4.78, 5) is 21.6. The molecule has 1 rings (SSSR count). The molecule has 0 radical (unpaired) electrons. The Morgan fingerprint density at radius 3 is 2.20 bits per heavy atom. The largest absolute Gasteiger partial charge is 0.294 e. The molecule has 0 aromatic heterocycles. The van der Waals surface area contributed by atoms with E-state index in [1.807, 2.05) is 13.8 Å². The number of allylic oxidation sites excluding steroid dienone is 2. The predicted octanol–water partition coefficient (Wildman–Crippen LogP) is 1.11. The predicted molar refractivity (Wildman–Crippen MR) is 37.6 cm³/mol. The van der Waals surface area contributed by atoms with E-state index in [0.717, 1.165) is 0 Å². The van der Waals surface area contributed by atoms with Crippen molar-refractivity contribution in [2.75, 3.05) is 0 Å². The fourth-order valence-corrected chi connectivity index (χ4v) is 1.05. The summed E-state index contributed by atoms with van der Waals surface area (Å²) in [6, 6.07) is 0. The van der Waals surface area contributed by atoms with Gasteiger partial charge < -0.3 is 0 Å². The van der Waals surface area contributed by atoms with Crippen LogP contribution in [0.4, 0.5) is 0 Å². The molecule has 0 spiro atoms. The Labute approximate surface area is 59.9 Å². The average Bonchev–Trinajstić information content (AvgIpc) is 2.10. The van der Waals surface area contributed by atoms with Crippen LogP contribution in [-0.2, 0) is 9.59 Å². The summed E-state index contributed by atoms with van der Waals surface area (Å²) in [5.74, 6) is 0.146. The lowest BCUT2D eigenvalue weighted by atomic mass is 10.0. The second-order valence-electron chi connectivity index (χ2n) is 2.82. The van der Waals surface area contributed by atoms with Gasteiger partial charge in [0, 0.05) is 5.57 Å². The minimum Gasteiger partial charge on any atom is -0.294 e. The molecule has 2 nitrogen and oxygen atoms in total. The summed E-state index contributed by atoms with van der Waals surface area (Å²) in [6.07, 6.45) is 1.56. The van der Waals surface area contributed by atoms with Crippen LogP contribution in [0.3, 0.4) is 0 Å². The number of hydrogen-bond donors (Lipinski definition) is 0. The second kappa shape index (κ2) is 2.37. The van der Waals surface area contributed by atoms with Crippen LogP contribution in [-0.4, -0.2) is 11.6 Å². The monoisotopic (exact) mass is 138 g/mol. The summed E-state index contributed by atoms with van der Waals surface area (Å²) in [5, 5.41) is 0. The number of hydrogen-bond acceptors (Lipinski definition) is 2. The molecule has 10 heavy (non-hydrogen) atoms. The Hall–Kier alpha value is -0.920. The highest BCUT2D eigenvalue weighted by molar-refractivity contribution is 6.19. The van der Waals surface area contributed by atoms with Crippen LogP contribution in [0.1, 0.15) is 20.3 Å². The van der Waals surface area contributed by atoms with Gasteiger partial charge in [-0.25, -0.2) is 0 Å². The lowest BCUT2D eigenvalue weighted by Gasteiger charge is -2.00. The minimum atomic E-state index is -0.0475. The first-order chi connectivity index (χ1) is 4.61. The van der Waals surface area contributed by atoms with Crippen LogP contribution in [0.25, 0.3) is 0 Å². The molecule has 0 unspecified atom stereocenters. The van der Waals surface area contributed by atoms with E-state index < -0.39 is 0 Å². The lowest BCUT2D eigenvalue weighted by Crippen LogP contribution is -2.02. The third-order valence-corrected chi connectivity index (χ3v) is 1.60. The number of carbonyl (C=O) groups excluding carboxylic acids is 2. The zero-order chi connectivity index (χ0) is 7.72. The maximum atomic E-state index is 10.9. The molecule has 1 aliphatic carbocycles. The van der Waals surface area contributed by atoms with Crippen LogP contribution in [0.2, 0.25) is 0 Å². The highest BCUT2D eigenvalue weighted by Gasteiger charge is 2.23. The van der Waals surface area contributed by atoms with Crippen molar-refractivity contribution in [2.45, 2.75) is 20.3 Å². The van der Waals surface area contributed by atoms with Gasteiger partial charge in [-0.05, 0) is 12.0 Å². The molecule has 54 valence electrons. The molecule has 0 saturated carbocycles. The van der Waals surface area contributed by atoms with E-state index in [9.17, 15) is 9.59 Å². The third kappa shape index (κ3) is 1.15. The van der Waals surface area contributed by atoms with E-state index in [4.69, 9.17) is 0 Å². The maximum absolute atomic E-state index is 10.9. The maximum Gasteiger partial charge on any atom is 0.166 e. The van der Waals surface area contributed by atoms with Crippen molar-refractivity contribution in [3.63, 3.8) is 0 Å². The number of Topliss-reactive ketones (excluding diaryl/α,β-unsaturated/α-hetero) is 1. The van der Waals surface area contributed by atoms with E-state index in [0.29, 0.717) is 5.57 Å². The van der Waals surface area contributed by atoms with Crippen LogP contribution in [0.5, 0.6) is 0 Å². The zero-order valence-electron chi connectivity index (χ0n) is 6.18. The van der Waals surface area contributed by atoms with Crippen molar-refractivity contribution in [3.05, 3.63) is 11.6 Å². The summed E-state index contributed by atoms with van der Waals surface area (Å²) in [7, 11) is 0. The molecule has 0 heterocycles. The standard InChI is InChI=1S/C8H10O2/c1-5(2)7-3-6(9)4-8(7)10/h3,5H,4H2,1-2H3. The van der Waals surface area contributed by atoms with Crippen LogP contribution in [0.15, 0.2) is 11.6 Å². The Morgan fingerprint density at radius 1 is 1.40 bits per heavy atom. The van der Waals surface area contributed by atoms with Gasteiger partial charge in [0.25, 0.3) is 0 Å². The highest BCUT2D eigenvalue weighted by atomic mass is 16.2. The molecule has 0 aromatic rings. The first-order valence-electron chi connectivity index (χ1n) is 3.39. The van der Waals surface area contributed by atoms with Gasteiger partial charge in [-0.1, -0.05) is 13.8 Å². The first-order valence-corrected chi connectivity index (χ1v) is 3.39. The van der Waals surface area contributed by atoms with Crippen molar-refractivity contribution in [2.24, 2.45) is 5.92 Å². The molecule has 0 aromatic carbocycles. The Balaban J connectivity index is 2.85. The molecular formula is C8H10O2. The van der Waals surface area contributed by atoms with E-state index in [-0.39, 0.29) is 23.9 Å². The zero-order valence-corrected chi connectivity index (χ0v) is 6.18. The minimum absolute atomic E-state index is 0.000000000000000222. The quantitative estimate of drug-likeness (QED) is 0.508. The van der Waals surface area contributed by atoms with Crippen molar-refractivity contribution < 1.29 is 9.59 Å². The smallest absolute Gasteiger partial charge is 0.166 e. The molecule has 0 N–H and O–H groups in total. The van der Waals surface area contributed by atoms with Crippen molar-refractivity contribution in [1.29, 1.82) is 0 Å². The van der Waals surface area contributed by atoms with Gasteiger partial charge in [-0.2, -0.15) is 0 Å². The van der Waals surface area contributed by atoms with Gasteiger partial charge in [0.1, 0.15) is 0 Å². The van der Waals surface area contributed by atoms with E-state index in [1.165, 1.54) is 6.08 Å². The highest BCUT2D eigenvalue weighted by Crippen LogP contribution is 2.18. The van der Waals surface area contributed by atoms with Crippen molar-refractivity contribution in [3.8, 4) is 0 Å². The summed E-state index contributed by atoms with van der Waals surface area (Å²) >= 11 is 0. The number of ketones is 2. The fraction of sp³-hybridized carbons (Fsp3) is 0.500. The molecular weight excluding hydrogens is 128 g/mol. The third-order valence-electron chi connectivity index (χ3n) is 1.60. The van der Waals surface area contributed by atoms with E-state index in [1.54, 1.807) is 0 Å². The molecule has 0 fully saturated rings. The summed E-state index contributed by atoms with van der Waals surface area (Å²) in [5.41, 5.74) is 0.685. The van der Waals surface area contributed by atoms with Gasteiger partial charge in [-0.3, -0.25) is 9.59 Å². The molecule has 2 heteroatoms. The Kier molecular flexibility index (Phi) is 1.70. The number of rotatable bonds is 1. The van der Waals surface area contributed by atoms with Gasteiger partial charge in [0.15, 0.2) is 11.6 Å². The Bertz CT molecular complexity index is 211. The Morgan fingerprint density at radius 2 is 2.00 bits per heavy atom. The topological polar surface area (TPSA) is 34.1 Å². The fourth-order valence-electron chi connectivity index (χ4n) is 1.05. The first kappa shape index (κ1) is 7.19. The van der Waals surface area contributed by atoms with Crippen molar-refractivity contribution >= 4 is 11.6 Å². The molecule has 0 bridgehead atoms. The van der Waals surface area contributed by atoms with Gasteiger partial charge in [0.2, 0.25) is 0 Å². The SMILES string of the molecule is CC(C)C1=CC(=O)CC1=O. The molecule has 0 saturated heterocycles. The van der Waals surface area contributed by atoms with Crippen LogP contribution < -0.4 is 0 Å². The van der Waals surface area contributed by atoms with E-state index >= 15 is 0 Å². The van der Waals surface area contributed by atoms with Crippen LogP contribution in [0, 0.1) is 5.92 Å². The number of carbonyl (C=O) groups is 2. The molecule has 0 amide bonds. The molecule has 0 aliphatic heterocycles. The lowest BCUT2D eigenvalue weighted by molar-refractivity contribution is -0.120. The summed E-state index contributed by atoms with van der Waals surface area (Å²) < 4.78 is 0. The normalized spacial score (nSPS) is 18.5. The van der Waals surface area contributed by atoms with E-state index in [2.05, 4.69) is 0 Å². The van der Waals surface area contributed by atoms with Crippen molar-refractivity contribution in [1.82, 2.24) is 0 Å². The second-order valence-corrected chi connectivity index (χ2v) is 2.82. The summed E-state index contributed by atoms with van der Waals surface area (Å²) in [6.45, 7) is 3.84. The average molecular weight is 138 g/mol. The molecule has 0 atom stereocenters. The van der Waals surface area contributed by atoms with Gasteiger partial charge in [-0.15, -0.1) is 0 Å². The van der Waals surface area contributed by atoms with Crippen LogP contribution >= 0.6 is 0 Å².